The third-order valence-corrected chi connectivity index (χ3v) is 5.79. The summed E-state index contributed by atoms with van der Waals surface area (Å²) in [7, 11) is 0. The maximum atomic E-state index is 11.6. The number of unbranched alkanes of at least 4 members (excludes halogenated alkanes) is 1. The predicted octanol–water partition coefficient (Wildman–Crippen LogP) is 0.107. The van der Waals surface area contributed by atoms with Gasteiger partial charge in [-0.25, -0.2) is 4.79 Å². The van der Waals surface area contributed by atoms with E-state index < -0.39 is 17.6 Å². The third-order valence-electron chi connectivity index (χ3n) is 3.89. The van der Waals surface area contributed by atoms with Gasteiger partial charge >= 0.3 is 6.03 Å². The van der Waals surface area contributed by atoms with Gasteiger partial charge in [0.05, 0.1) is 18.1 Å². The van der Waals surface area contributed by atoms with E-state index in [2.05, 4.69) is 23.3 Å². The van der Waals surface area contributed by atoms with Crippen LogP contribution in [0.4, 0.5) is 4.79 Å². The third kappa shape index (κ3) is 4.14. The summed E-state index contributed by atoms with van der Waals surface area (Å²) in [5, 5.41) is 6.23. The molecule has 0 aromatic rings. The molecule has 0 radical (unpaired) electrons. The highest BCUT2D eigenvalue weighted by Crippen LogP contribution is 2.33. The number of thiol groups is 1. The highest BCUT2D eigenvalue weighted by Gasteiger charge is 2.42. The predicted molar refractivity (Wildman–Crippen MR) is 85.8 cm³/mol. The largest absolute Gasteiger partial charge is 0.332 e. The number of thioether (sulfide) groups is 1. The molecule has 21 heavy (non-hydrogen) atoms. The lowest BCUT2D eigenvalue weighted by Crippen LogP contribution is -2.37. The maximum Gasteiger partial charge on any atom is 0.315 e. The Kier molecular flexibility index (Phi) is 5.95. The molecule has 2 heterocycles. The lowest BCUT2D eigenvalue weighted by atomic mass is 10.0. The molecule has 4 N–H and O–H groups in total. The molecule has 2 fully saturated rings. The molecule has 6 nitrogen and oxygen atoms in total. The van der Waals surface area contributed by atoms with E-state index in [1.54, 1.807) is 0 Å². The Bertz CT molecular complexity index is 433. The van der Waals surface area contributed by atoms with Crippen molar-refractivity contribution in [3.63, 3.8) is 0 Å². The minimum absolute atomic E-state index is 0.0863. The molecule has 8 heteroatoms. The molecule has 2 aliphatic rings. The molecule has 2 aliphatic heterocycles. The zero-order valence-corrected chi connectivity index (χ0v) is 13.4. The van der Waals surface area contributed by atoms with E-state index in [9.17, 15) is 14.4 Å². The normalized spacial score (nSPS) is 28.7. The van der Waals surface area contributed by atoms with Crippen molar-refractivity contribution in [2.24, 2.45) is 5.73 Å². The first-order chi connectivity index (χ1) is 10.0. The van der Waals surface area contributed by atoms with E-state index in [4.69, 9.17) is 5.73 Å². The van der Waals surface area contributed by atoms with Crippen molar-refractivity contribution in [3.05, 3.63) is 0 Å². The molecular formula is C13H21N3O3S2. The van der Waals surface area contributed by atoms with Gasteiger partial charge in [0.15, 0.2) is 5.78 Å². The first-order valence-corrected chi connectivity index (χ1v) is 8.83. The number of hydrogen-bond donors (Lipinski definition) is 4. The summed E-state index contributed by atoms with van der Waals surface area (Å²) < 4.78 is 0. The van der Waals surface area contributed by atoms with Crippen LogP contribution in [0.15, 0.2) is 0 Å². The second kappa shape index (κ2) is 7.51. The maximum absolute atomic E-state index is 11.6. The fourth-order valence-corrected chi connectivity index (χ4v) is 4.40. The van der Waals surface area contributed by atoms with Crippen LogP contribution in [-0.2, 0) is 9.59 Å². The van der Waals surface area contributed by atoms with E-state index in [0.717, 1.165) is 18.6 Å². The van der Waals surface area contributed by atoms with E-state index in [0.29, 0.717) is 11.7 Å². The number of carbonyl (C=O) groups is 3. The number of amides is 2. The highest BCUT2D eigenvalue weighted by molar-refractivity contribution is 8.00. The number of ketones is 2. The Morgan fingerprint density at radius 3 is 2.86 bits per heavy atom. The Morgan fingerprint density at radius 2 is 2.14 bits per heavy atom. The minimum atomic E-state index is -0.785. The SMILES string of the molecule is N[C@@H](CS)C(=O)C(=O)CCCC[C@@H]1SC[C@@H]2NC(=O)N[C@@H]21. The van der Waals surface area contributed by atoms with Gasteiger partial charge < -0.3 is 16.4 Å². The average molecular weight is 331 g/mol. The number of hydrogen-bond acceptors (Lipinski definition) is 6. The minimum Gasteiger partial charge on any atom is -0.332 e. The summed E-state index contributed by atoms with van der Waals surface area (Å²) in [4.78, 5) is 34.4. The van der Waals surface area contributed by atoms with Gasteiger partial charge in [0.2, 0.25) is 5.78 Å². The molecule has 0 spiro atoms. The van der Waals surface area contributed by atoms with Crippen LogP contribution in [0.3, 0.4) is 0 Å². The van der Waals surface area contributed by atoms with Crippen molar-refractivity contribution >= 4 is 42.0 Å². The molecule has 4 atom stereocenters. The number of nitrogens with one attached hydrogen (secondary N) is 2. The van der Waals surface area contributed by atoms with Gasteiger partial charge in [-0.3, -0.25) is 9.59 Å². The highest BCUT2D eigenvalue weighted by atomic mass is 32.2. The molecule has 118 valence electrons. The van der Waals surface area contributed by atoms with Crippen LogP contribution in [0.1, 0.15) is 25.7 Å². The zero-order valence-electron chi connectivity index (χ0n) is 11.7. The molecule has 0 aliphatic carbocycles. The first-order valence-electron chi connectivity index (χ1n) is 7.15. The van der Waals surface area contributed by atoms with Crippen molar-refractivity contribution in [2.45, 2.75) is 49.1 Å². The van der Waals surface area contributed by atoms with Crippen LogP contribution >= 0.6 is 24.4 Å². The molecule has 2 amide bonds. The van der Waals surface area contributed by atoms with E-state index in [1.807, 2.05) is 11.8 Å². The fourth-order valence-electron chi connectivity index (χ4n) is 2.69. The van der Waals surface area contributed by atoms with Gasteiger partial charge in [-0.1, -0.05) is 6.42 Å². The van der Waals surface area contributed by atoms with Crippen molar-refractivity contribution in [1.82, 2.24) is 10.6 Å². The number of Topliss-reactive ketones (excluding diaryl/α,β-unsaturated/α-hetero) is 2. The van der Waals surface area contributed by atoms with Crippen LogP contribution in [0.5, 0.6) is 0 Å². The summed E-state index contributed by atoms with van der Waals surface area (Å²) in [6.45, 7) is 0. The smallest absolute Gasteiger partial charge is 0.315 e. The van der Waals surface area contributed by atoms with Crippen LogP contribution in [0.25, 0.3) is 0 Å². The van der Waals surface area contributed by atoms with Gasteiger partial charge in [-0.15, -0.1) is 0 Å². The van der Waals surface area contributed by atoms with Crippen LogP contribution in [-0.4, -0.2) is 52.5 Å². The second-order valence-electron chi connectivity index (χ2n) is 5.44. The number of nitrogens with two attached hydrogens (primary N) is 1. The molecule has 0 unspecified atom stereocenters. The number of urea groups is 1. The van der Waals surface area contributed by atoms with Crippen molar-refractivity contribution in [1.29, 1.82) is 0 Å². The molecule has 0 saturated carbocycles. The lowest BCUT2D eigenvalue weighted by Gasteiger charge is -2.16. The Hall–Kier alpha value is -0.730. The standard InChI is InChI=1S/C13H21N3O3S2/c14-7(5-20)12(18)9(17)3-1-2-4-10-11-8(6-21-10)15-13(19)16-11/h7-8,10-11,20H,1-6,14H2,(H2,15,16,19)/t7-,8-,10-,11-/m0/s1. The lowest BCUT2D eigenvalue weighted by molar-refractivity contribution is -0.137. The monoisotopic (exact) mass is 331 g/mol. The van der Waals surface area contributed by atoms with Crippen LogP contribution in [0.2, 0.25) is 0 Å². The summed E-state index contributed by atoms with van der Waals surface area (Å²) in [5.74, 6) is 0.207. The number of rotatable bonds is 8. The molecule has 2 saturated heterocycles. The molecular weight excluding hydrogens is 310 g/mol. The van der Waals surface area contributed by atoms with Gasteiger partial charge in [-0.2, -0.15) is 24.4 Å². The van der Waals surface area contributed by atoms with Crippen LogP contribution < -0.4 is 16.4 Å². The van der Waals surface area contributed by atoms with Crippen molar-refractivity contribution in [3.8, 4) is 0 Å². The van der Waals surface area contributed by atoms with Gasteiger partial charge in [0, 0.05) is 23.2 Å². The Morgan fingerprint density at radius 1 is 1.38 bits per heavy atom. The van der Waals surface area contributed by atoms with Crippen molar-refractivity contribution in [2.75, 3.05) is 11.5 Å². The van der Waals surface area contributed by atoms with Gasteiger partial charge in [0.25, 0.3) is 0 Å². The number of carbonyl (C=O) groups excluding carboxylic acids is 3. The van der Waals surface area contributed by atoms with Gasteiger partial charge in [-0.05, 0) is 12.8 Å². The molecule has 0 aromatic carbocycles. The quantitative estimate of drug-likeness (QED) is 0.219. The Labute approximate surface area is 133 Å². The van der Waals surface area contributed by atoms with Crippen molar-refractivity contribution < 1.29 is 14.4 Å². The fraction of sp³-hybridized carbons (Fsp3) is 0.769. The van der Waals surface area contributed by atoms with E-state index >= 15 is 0 Å². The summed E-state index contributed by atoms with van der Waals surface area (Å²) >= 11 is 5.77. The molecule has 2 rings (SSSR count). The zero-order chi connectivity index (χ0) is 15.4. The summed E-state index contributed by atoms with van der Waals surface area (Å²) in [6.07, 6.45) is 2.73. The van der Waals surface area contributed by atoms with E-state index in [-0.39, 0.29) is 30.3 Å². The topological polar surface area (TPSA) is 101 Å². The first kappa shape index (κ1) is 16.6. The van der Waals surface area contributed by atoms with Gasteiger partial charge in [0.1, 0.15) is 0 Å². The number of fused-ring (bicyclic) bond motifs is 1. The average Bonchev–Trinajstić information content (AvgIpc) is 3.01. The molecule has 0 bridgehead atoms. The second-order valence-corrected chi connectivity index (χ2v) is 7.08. The van der Waals surface area contributed by atoms with Crippen LogP contribution in [0, 0.1) is 0 Å². The molecule has 0 aromatic heterocycles. The summed E-state index contributed by atoms with van der Waals surface area (Å²) in [5.41, 5.74) is 5.50. The van der Waals surface area contributed by atoms with E-state index in [1.165, 1.54) is 0 Å². The summed E-state index contributed by atoms with van der Waals surface area (Å²) in [6, 6.07) is -0.454. The Balaban J connectivity index is 1.65.